The normalized spacial score (nSPS) is 12.5. The fraction of sp³-hybridized carbons (Fsp3) is 0.222. The predicted octanol–water partition coefficient (Wildman–Crippen LogP) is 1.38. The molecule has 3 N–H and O–H groups in total. The van der Waals surface area contributed by atoms with E-state index in [1.165, 1.54) is 12.1 Å². The Hall–Kier alpha value is -0.690. The monoisotopic (exact) mass is 309 g/mol. The van der Waals surface area contributed by atoms with E-state index >= 15 is 0 Å². The summed E-state index contributed by atoms with van der Waals surface area (Å²) in [7, 11) is 0. The maximum absolute atomic E-state index is 12.8. The number of hydrogen-bond donors (Lipinski definition) is 2. The summed E-state index contributed by atoms with van der Waals surface area (Å²) in [5.41, 5.74) is 5.97. The molecule has 0 fully saturated rings. The van der Waals surface area contributed by atoms with Gasteiger partial charge in [-0.2, -0.15) is 0 Å². The highest BCUT2D eigenvalue weighted by atomic mass is 127. The van der Waals surface area contributed by atoms with Crippen LogP contribution in [0.25, 0.3) is 0 Å². The molecule has 0 aliphatic rings. The molecule has 0 saturated carbocycles. The standard InChI is InChI=1S/C9H9FINO2/c10-6-1-2-7(11)5(3-6)4-8(12)9(13)14/h1-3,8H,4,12H2,(H,13,14). The van der Waals surface area contributed by atoms with Gasteiger partial charge in [0.25, 0.3) is 0 Å². The Balaban J connectivity index is 2.85. The maximum atomic E-state index is 12.8. The highest BCUT2D eigenvalue weighted by molar-refractivity contribution is 14.1. The molecule has 0 aromatic heterocycles. The molecule has 1 atom stereocenters. The Kier molecular flexibility index (Phi) is 3.82. The Morgan fingerprint density at radius 1 is 1.64 bits per heavy atom. The molecule has 0 spiro atoms. The third-order valence-corrected chi connectivity index (χ3v) is 2.82. The number of carboxylic acids is 1. The summed E-state index contributed by atoms with van der Waals surface area (Å²) in [5, 5.41) is 8.58. The van der Waals surface area contributed by atoms with Crippen LogP contribution < -0.4 is 5.73 Å². The second-order valence-corrected chi connectivity index (χ2v) is 4.05. The number of nitrogens with two attached hydrogens (primary N) is 1. The number of benzene rings is 1. The quantitative estimate of drug-likeness (QED) is 0.829. The van der Waals surface area contributed by atoms with Crippen LogP contribution in [-0.2, 0) is 11.2 Å². The first-order chi connectivity index (χ1) is 6.50. The molecule has 1 aromatic carbocycles. The fourth-order valence-corrected chi connectivity index (χ4v) is 1.58. The zero-order chi connectivity index (χ0) is 10.7. The lowest BCUT2D eigenvalue weighted by Gasteiger charge is -2.08. The van der Waals surface area contributed by atoms with Gasteiger partial charge < -0.3 is 10.8 Å². The first-order valence-electron chi connectivity index (χ1n) is 3.93. The van der Waals surface area contributed by atoms with Crippen molar-refractivity contribution in [1.29, 1.82) is 0 Å². The zero-order valence-electron chi connectivity index (χ0n) is 7.21. The zero-order valence-corrected chi connectivity index (χ0v) is 9.36. The molecule has 0 saturated heterocycles. The van der Waals surface area contributed by atoms with Crippen molar-refractivity contribution < 1.29 is 14.3 Å². The SMILES string of the molecule is NC(Cc1cc(F)ccc1I)C(=O)O. The average molecular weight is 309 g/mol. The van der Waals surface area contributed by atoms with Crippen molar-refractivity contribution >= 4 is 28.6 Å². The van der Waals surface area contributed by atoms with E-state index in [2.05, 4.69) is 0 Å². The minimum Gasteiger partial charge on any atom is -0.480 e. The van der Waals surface area contributed by atoms with E-state index in [4.69, 9.17) is 10.8 Å². The van der Waals surface area contributed by atoms with E-state index in [-0.39, 0.29) is 12.2 Å². The van der Waals surface area contributed by atoms with Crippen LogP contribution >= 0.6 is 22.6 Å². The first kappa shape index (κ1) is 11.4. The van der Waals surface area contributed by atoms with Crippen LogP contribution in [0.3, 0.4) is 0 Å². The number of carboxylic acid groups (broad SMARTS) is 1. The van der Waals surface area contributed by atoms with Gasteiger partial charge in [0, 0.05) is 3.57 Å². The summed E-state index contributed by atoms with van der Waals surface area (Å²) in [6.07, 6.45) is 0.144. The van der Waals surface area contributed by atoms with Gasteiger partial charge in [0.15, 0.2) is 0 Å². The van der Waals surface area contributed by atoms with Gasteiger partial charge in [-0.05, 0) is 52.8 Å². The molecule has 76 valence electrons. The molecule has 0 amide bonds. The van der Waals surface area contributed by atoms with Crippen LogP contribution in [0.5, 0.6) is 0 Å². The maximum Gasteiger partial charge on any atom is 0.320 e. The average Bonchev–Trinajstić information content (AvgIpc) is 2.11. The number of hydrogen-bond acceptors (Lipinski definition) is 2. The second kappa shape index (κ2) is 4.70. The first-order valence-corrected chi connectivity index (χ1v) is 5.01. The molecule has 0 aliphatic carbocycles. The number of halogens is 2. The van der Waals surface area contributed by atoms with Gasteiger partial charge in [0.05, 0.1) is 0 Å². The Morgan fingerprint density at radius 2 is 2.29 bits per heavy atom. The van der Waals surface area contributed by atoms with E-state index in [1.54, 1.807) is 6.07 Å². The van der Waals surface area contributed by atoms with Crippen molar-refractivity contribution in [3.05, 3.63) is 33.1 Å². The van der Waals surface area contributed by atoms with E-state index in [9.17, 15) is 9.18 Å². The third kappa shape index (κ3) is 2.91. The van der Waals surface area contributed by atoms with E-state index in [0.29, 0.717) is 5.56 Å². The summed E-state index contributed by atoms with van der Waals surface area (Å²) in [6.45, 7) is 0. The van der Waals surface area contributed by atoms with Gasteiger partial charge in [-0.15, -0.1) is 0 Å². The van der Waals surface area contributed by atoms with Crippen LogP contribution in [0.4, 0.5) is 4.39 Å². The lowest BCUT2D eigenvalue weighted by Crippen LogP contribution is -2.32. The van der Waals surface area contributed by atoms with Gasteiger partial charge in [-0.25, -0.2) is 4.39 Å². The molecule has 5 heteroatoms. The molecule has 1 aromatic rings. The van der Waals surface area contributed by atoms with Gasteiger partial charge in [0.2, 0.25) is 0 Å². The number of aliphatic carboxylic acids is 1. The van der Waals surface area contributed by atoms with Crippen molar-refractivity contribution in [1.82, 2.24) is 0 Å². The van der Waals surface area contributed by atoms with Crippen LogP contribution in [0, 0.1) is 9.39 Å². The molecule has 0 bridgehead atoms. The molecule has 0 aliphatic heterocycles. The molecular formula is C9H9FINO2. The van der Waals surface area contributed by atoms with Crippen LogP contribution in [0.1, 0.15) is 5.56 Å². The topological polar surface area (TPSA) is 63.3 Å². The van der Waals surface area contributed by atoms with E-state index in [0.717, 1.165) is 3.57 Å². The molecule has 3 nitrogen and oxygen atoms in total. The Bertz CT molecular complexity index is 357. The summed E-state index contributed by atoms with van der Waals surface area (Å²) < 4.78 is 13.6. The fourth-order valence-electron chi connectivity index (χ4n) is 1.02. The molecule has 0 heterocycles. The molecule has 14 heavy (non-hydrogen) atoms. The number of carbonyl (C=O) groups is 1. The second-order valence-electron chi connectivity index (χ2n) is 2.88. The lowest BCUT2D eigenvalue weighted by atomic mass is 10.1. The Morgan fingerprint density at radius 3 is 2.86 bits per heavy atom. The highest BCUT2D eigenvalue weighted by Gasteiger charge is 2.14. The summed E-state index contributed by atoms with van der Waals surface area (Å²) in [6, 6.07) is 3.26. The van der Waals surface area contributed by atoms with Gasteiger partial charge >= 0.3 is 5.97 Å². The summed E-state index contributed by atoms with van der Waals surface area (Å²) >= 11 is 2.02. The van der Waals surface area contributed by atoms with Crippen LogP contribution in [-0.4, -0.2) is 17.1 Å². The minimum absolute atomic E-state index is 0.144. The molecule has 0 radical (unpaired) electrons. The van der Waals surface area contributed by atoms with E-state index in [1.807, 2.05) is 22.6 Å². The van der Waals surface area contributed by atoms with Gasteiger partial charge in [-0.1, -0.05) is 0 Å². The van der Waals surface area contributed by atoms with E-state index < -0.39 is 12.0 Å². The Labute approximate surface area is 94.2 Å². The largest absolute Gasteiger partial charge is 0.480 e. The highest BCUT2D eigenvalue weighted by Crippen LogP contribution is 2.15. The smallest absolute Gasteiger partial charge is 0.320 e. The van der Waals surface area contributed by atoms with Gasteiger partial charge in [0.1, 0.15) is 11.9 Å². The van der Waals surface area contributed by atoms with Crippen molar-refractivity contribution in [2.75, 3.05) is 0 Å². The summed E-state index contributed by atoms with van der Waals surface area (Å²) in [4.78, 5) is 10.5. The molecular weight excluding hydrogens is 300 g/mol. The third-order valence-electron chi connectivity index (χ3n) is 1.76. The predicted molar refractivity (Wildman–Crippen MR) is 58.4 cm³/mol. The van der Waals surface area contributed by atoms with Gasteiger partial charge in [-0.3, -0.25) is 4.79 Å². The van der Waals surface area contributed by atoms with Crippen LogP contribution in [0.2, 0.25) is 0 Å². The molecule has 1 unspecified atom stereocenters. The summed E-state index contributed by atoms with van der Waals surface area (Å²) in [5.74, 6) is -1.46. The van der Waals surface area contributed by atoms with Crippen molar-refractivity contribution in [2.24, 2.45) is 5.73 Å². The van der Waals surface area contributed by atoms with Crippen molar-refractivity contribution in [2.45, 2.75) is 12.5 Å². The minimum atomic E-state index is -1.08. The number of rotatable bonds is 3. The molecule has 1 rings (SSSR count). The lowest BCUT2D eigenvalue weighted by molar-refractivity contribution is -0.138. The van der Waals surface area contributed by atoms with Crippen molar-refractivity contribution in [3.63, 3.8) is 0 Å². The van der Waals surface area contributed by atoms with Crippen molar-refractivity contribution in [3.8, 4) is 0 Å². The van der Waals surface area contributed by atoms with Crippen LogP contribution in [0.15, 0.2) is 18.2 Å².